The molecule has 1 aromatic heterocycles. The molecule has 6 nitrogen and oxygen atoms in total. The molecule has 2 rings (SSSR count). The number of aliphatic hydroxyl groups is 1. The molecule has 6 heteroatoms. The predicted octanol–water partition coefficient (Wildman–Crippen LogP) is 1.57. The standard InChI is InChI=1S/C15H21N3O3/c1-3-17(4-2)7-8-18-13-6-5-11(15(20)21)9-12(13)16-14(18)10-19/h5-6,9,19H,3-4,7-8,10H2,1-2H3,(H,20,21). The summed E-state index contributed by atoms with van der Waals surface area (Å²) >= 11 is 0. The van der Waals surface area contributed by atoms with E-state index in [1.165, 1.54) is 0 Å². The van der Waals surface area contributed by atoms with Gasteiger partial charge in [0, 0.05) is 13.1 Å². The number of hydrogen-bond acceptors (Lipinski definition) is 4. The Hall–Kier alpha value is -1.92. The van der Waals surface area contributed by atoms with Gasteiger partial charge in [0.25, 0.3) is 0 Å². The van der Waals surface area contributed by atoms with E-state index < -0.39 is 5.97 Å². The van der Waals surface area contributed by atoms with E-state index in [0.717, 1.165) is 31.7 Å². The minimum absolute atomic E-state index is 0.157. The lowest BCUT2D eigenvalue weighted by Gasteiger charge is -2.19. The second-order valence-corrected chi connectivity index (χ2v) is 4.87. The Labute approximate surface area is 123 Å². The molecular weight excluding hydrogens is 270 g/mol. The zero-order valence-electron chi connectivity index (χ0n) is 12.4. The molecule has 0 spiro atoms. The van der Waals surface area contributed by atoms with Crippen molar-refractivity contribution in [2.45, 2.75) is 27.0 Å². The van der Waals surface area contributed by atoms with Crippen LogP contribution in [0, 0.1) is 0 Å². The minimum Gasteiger partial charge on any atom is -0.478 e. The van der Waals surface area contributed by atoms with Gasteiger partial charge in [-0.05, 0) is 31.3 Å². The maximum absolute atomic E-state index is 11.0. The molecule has 0 atom stereocenters. The maximum atomic E-state index is 11.0. The smallest absolute Gasteiger partial charge is 0.335 e. The van der Waals surface area contributed by atoms with Gasteiger partial charge in [0.05, 0.1) is 16.6 Å². The molecule has 0 unspecified atom stereocenters. The summed E-state index contributed by atoms with van der Waals surface area (Å²) < 4.78 is 1.96. The van der Waals surface area contributed by atoms with Crippen molar-refractivity contribution >= 4 is 17.0 Å². The lowest BCUT2D eigenvalue weighted by molar-refractivity contribution is 0.0697. The average molecular weight is 291 g/mol. The first-order chi connectivity index (χ1) is 10.1. The largest absolute Gasteiger partial charge is 0.478 e. The number of rotatable bonds is 7. The van der Waals surface area contributed by atoms with Crippen LogP contribution in [0.25, 0.3) is 11.0 Å². The molecule has 0 amide bonds. The van der Waals surface area contributed by atoms with Gasteiger partial charge in [0.1, 0.15) is 12.4 Å². The van der Waals surface area contributed by atoms with Crippen LogP contribution in [0.4, 0.5) is 0 Å². The number of imidazole rings is 1. The Morgan fingerprint density at radius 1 is 1.33 bits per heavy atom. The number of aliphatic hydroxyl groups excluding tert-OH is 1. The van der Waals surface area contributed by atoms with Crippen LogP contribution in [-0.4, -0.2) is 50.3 Å². The third-order valence-corrected chi connectivity index (χ3v) is 3.75. The van der Waals surface area contributed by atoms with E-state index in [0.29, 0.717) is 11.3 Å². The Bertz CT molecular complexity index is 632. The summed E-state index contributed by atoms with van der Waals surface area (Å²) in [5, 5.41) is 18.5. The minimum atomic E-state index is -0.972. The van der Waals surface area contributed by atoms with Crippen LogP contribution >= 0.6 is 0 Å². The molecule has 2 N–H and O–H groups in total. The zero-order chi connectivity index (χ0) is 15.4. The number of carbonyl (C=O) groups is 1. The number of carboxylic acid groups (broad SMARTS) is 1. The molecule has 0 aliphatic heterocycles. The van der Waals surface area contributed by atoms with Crippen molar-refractivity contribution in [3.05, 3.63) is 29.6 Å². The van der Waals surface area contributed by atoms with E-state index in [9.17, 15) is 9.90 Å². The van der Waals surface area contributed by atoms with Crippen molar-refractivity contribution in [2.75, 3.05) is 19.6 Å². The summed E-state index contributed by atoms with van der Waals surface area (Å²) in [4.78, 5) is 17.6. The van der Waals surface area contributed by atoms with E-state index in [-0.39, 0.29) is 12.2 Å². The van der Waals surface area contributed by atoms with Gasteiger partial charge in [-0.25, -0.2) is 9.78 Å². The van der Waals surface area contributed by atoms with Gasteiger partial charge in [0.2, 0.25) is 0 Å². The fourth-order valence-corrected chi connectivity index (χ4v) is 2.46. The van der Waals surface area contributed by atoms with E-state index in [1.54, 1.807) is 18.2 Å². The van der Waals surface area contributed by atoms with Crippen LogP contribution < -0.4 is 0 Å². The Morgan fingerprint density at radius 2 is 2.05 bits per heavy atom. The summed E-state index contributed by atoms with van der Waals surface area (Å²) in [7, 11) is 0. The first kappa shape index (κ1) is 15.5. The van der Waals surface area contributed by atoms with Crippen LogP contribution in [0.15, 0.2) is 18.2 Å². The van der Waals surface area contributed by atoms with Gasteiger partial charge >= 0.3 is 5.97 Å². The molecule has 0 radical (unpaired) electrons. The average Bonchev–Trinajstić information content (AvgIpc) is 2.85. The fraction of sp³-hybridized carbons (Fsp3) is 0.467. The summed E-state index contributed by atoms with van der Waals surface area (Å²) in [6.07, 6.45) is 0. The summed E-state index contributed by atoms with van der Waals surface area (Å²) in [6, 6.07) is 4.87. The van der Waals surface area contributed by atoms with Crippen molar-refractivity contribution in [1.82, 2.24) is 14.5 Å². The number of nitrogens with zero attached hydrogens (tertiary/aromatic N) is 3. The fourth-order valence-electron chi connectivity index (χ4n) is 2.46. The number of aromatic nitrogens is 2. The van der Waals surface area contributed by atoms with Gasteiger partial charge in [-0.15, -0.1) is 0 Å². The molecule has 114 valence electrons. The van der Waals surface area contributed by atoms with Gasteiger partial charge in [0.15, 0.2) is 0 Å². The number of benzene rings is 1. The van der Waals surface area contributed by atoms with Crippen LogP contribution in [0.3, 0.4) is 0 Å². The van der Waals surface area contributed by atoms with Crippen molar-refractivity contribution in [2.24, 2.45) is 0 Å². The molecule has 0 bridgehead atoms. The SMILES string of the molecule is CCN(CC)CCn1c(CO)nc2cc(C(=O)O)ccc21. The van der Waals surface area contributed by atoms with Crippen molar-refractivity contribution in [3.8, 4) is 0 Å². The molecule has 0 fully saturated rings. The summed E-state index contributed by atoms with van der Waals surface area (Å²) in [5.41, 5.74) is 1.68. The highest BCUT2D eigenvalue weighted by molar-refractivity contribution is 5.92. The lowest BCUT2D eigenvalue weighted by Crippen LogP contribution is -2.27. The molecule has 0 aliphatic rings. The highest BCUT2D eigenvalue weighted by atomic mass is 16.4. The second-order valence-electron chi connectivity index (χ2n) is 4.87. The second kappa shape index (κ2) is 6.69. The molecule has 2 aromatic rings. The Kier molecular flexibility index (Phi) is 4.93. The topological polar surface area (TPSA) is 78.6 Å². The number of hydrogen-bond donors (Lipinski definition) is 2. The van der Waals surface area contributed by atoms with Crippen LogP contribution in [-0.2, 0) is 13.2 Å². The van der Waals surface area contributed by atoms with E-state index in [2.05, 4.69) is 23.7 Å². The van der Waals surface area contributed by atoms with Crippen LogP contribution in [0.5, 0.6) is 0 Å². The number of fused-ring (bicyclic) bond motifs is 1. The van der Waals surface area contributed by atoms with Crippen LogP contribution in [0.1, 0.15) is 30.0 Å². The zero-order valence-corrected chi connectivity index (χ0v) is 12.4. The lowest BCUT2D eigenvalue weighted by atomic mass is 10.2. The van der Waals surface area contributed by atoms with E-state index in [4.69, 9.17) is 5.11 Å². The summed E-state index contributed by atoms with van der Waals surface area (Å²) in [5.74, 6) is -0.403. The van der Waals surface area contributed by atoms with Gasteiger partial charge in [-0.2, -0.15) is 0 Å². The molecule has 0 aliphatic carbocycles. The van der Waals surface area contributed by atoms with Crippen molar-refractivity contribution in [3.63, 3.8) is 0 Å². The predicted molar refractivity (Wildman–Crippen MR) is 80.4 cm³/mol. The number of likely N-dealkylation sites (N-methyl/N-ethyl adjacent to an activating group) is 1. The molecule has 21 heavy (non-hydrogen) atoms. The van der Waals surface area contributed by atoms with E-state index >= 15 is 0 Å². The third kappa shape index (κ3) is 3.22. The quantitative estimate of drug-likeness (QED) is 0.809. The third-order valence-electron chi connectivity index (χ3n) is 3.75. The maximum Gasteiger partial charge on any atom is 0.335 e. The van der Waals surface area contributed by atoms with Gasteiger partial charge in [-0.3, -0.25) is 0 Å². The Balaban J connectivity index is 2.35. The van der Waals surface area contributed by atoms with Gasteiger partial charge in [-0.1, -0.05) is 13.8 Å². The van der Waals surface area contributed by atoms with E-state index in [1.807, 2.05) is 4.57 Å². The molecule has 1 heterocycles. The molecule has 0 saturated heterocycles. The monoisotopic (exact) mass is 291 g/mol. The first-order valence-electron chi connectivity index (χ1n) is 7.16. The van der Waals surface area contributed by atoms with Gasteiger partial charge < -0.3 is 19.7 Å². The normalized spacial score (nSPS) is 11.4. The molecular formula is C15H21N3O3. The molecule has 1 aromatic carbocycles. The number of carboxylic acids is 1. The highest BCUT2D eigenvalue weighted by Crippen LogP contribution is 2.18. The van der Waals surface area contributed by atoms with Crippen LogP contribution in [0.2, 0.25) is 0 Å². The van der Waals surface area contributed by atoms with Crippen molar-refractivity contribution in [1.29, 1.82) is 0 Å². The Morgan fingerprint density at radius 3 is 2.62 bits per heavy atom. The molecule has 0 saturated carbocycles. The number of aromatic carboxylic acids is 1. The summed E-state index contributed by atoms with van der Waals surface area (Å²) in [6.45, 7) is 7.60. The van der Waals surface area contributed by atoms with Crippen molar-refractivity contribution < 1.29 is 15.0 Å². The highest BCUT2D eigenvalue weighted by Gasteiger charge is 2.13. The first-order valence-corrected chi connectivity index (χ1v) is 7.16.